The first kappa shape index (κ1) is 14.5. The minimum absolute atomic E-state index is 0.160. The van der Waals surface area contributed by atoms with Crippen LogP contribution in [0.5, 0.6) is 0 Å². The van der Waals surface area contributed by atoms with Crippen molar-refractivity contribution in [2.75, 3.05) is 26.7 Å². The summed E-state index contributed by atoms with van der Waals surface area (Å²) in [6, 6.07) is 4.97. The summed E-state index contributed by atoms with van der Waals surface area (Å²) in [4.78, 5) is 15.8. The molecule has 2 rings (SSSR count). The van der Waals surface area contributed by atoms with Crippen LogP contribution in [0.4, 0.5) is 4.39 Å². The van der Waals surface area contributed by atoms with Gasteiger partial charge in [0.15, 0.2) is 0 Å². The number of carbonyl (C=O) groups excluding carboxylic acids is 1. The van der Waals surface area contributed by atoms with Gasteiger partial charge in [0.05, 0.1) is 11.0 Å². The highest BCUT2D eigenvalue weighted by atomic mass is 79.9. The number of hydrogen-bond acceptors (Lipinski definition) is 2. The first-order valence-corrected chi connectivity index (χ1v) is 7.26. The summed E-state index contributed by atoms with van der Waals surface area (Å²) in [7, 11) is 1.88. The molecule has 0 saturated carbocycles. The molecule has 0 N–H and O–H groups in total. The Labute approximate surface area is 121 Å². The van der Waals surface area contributed by atoms with Crippen molar-refractivity contribution in [3.05, 3.63) is 34.1 Å². The van der Waals surface area contributed by atoms with Crippen molar-refractivity contribution in [1.29, 1.82) is 0 Å². The van der Waals surface area contributed by atoms with E-state index in [0.29, 0.717) is 17.6 Å². The fourth-order valence-electron chi connectivity index (χ4n) is 2.31. The van der Waals surface area contributed by atoms with Gasteiger partial charge in [-0.1, -0.05) is 12.1 Å². The van der Waals surface area contributed by atoms with Crippen LogP contribution in [0.2, 0.25) is 0 Å². The molecule has 1 aliphatic heterocycles. The normalized spacial score (nSPS) is 15.3. The van der Waals surface area contributed by atoms with Crippen molar-refractivity contribution >= 4 is 21.8 Å². The van der Waals surface area contributed by atoms with E-state index in [0.717, 1.165) is 31.5 Å². The predicted molar refractivity (Wildman–Crippen MR) is 76.2 cm³/mol. The average Bonchev–Trinajstić information content (AvgIpc) is 2.88. The Kier molecular flexibility index (Phi) is 4.93. The van der Waals surface area contributed by atoms with Crippen molar-refractivity contribution in [3.63, 3.8) is 0 Å². The van der Waals surface area contributed by atoms with Gasteiger partial charge >= 0.3 is 0 Å². The molecule has 1 aromatic rings. The first-order valence-electron chi connectivity index (χ1n) is 6.47. The highest BCUT2D eigenvalue weighted by Gasteiger charge is 2.19. The standard InChI is InChI=1S/C14H18BrFN2O/c1-17(10-13(19)18-7-2-3-8-18)9-11-5-4-6-12(16)14(11)15/h4-6H,2-3,7-10H2,1H3. The van der Waals surface area contributed by atoms with Gasteiger partial charge in [0.1, 0.15) is 5.82 Å². The van der Waals surface area contributed by atoms with Gasteiger partial charge in [0.25, 0.3) is 0 Å². The van der Waals surface area contributed by atoms with Crippen molar-refractivity contribution < 1.29 is 9.18 Å². The first-order chi connectivity index (χ1) is 9.08. The summed E-state index contributed by atoms with van der Waals surface area (Å²) in [5.74, 6) is -0.107. The zero-order valence-corrected chi connectivity index (χ0v) is 12.6. The quantitative estimate of drug-likeness (QED) is 0.848. The molecule has 0 radical (unpaired) electrons. The molecule has 1 heterocycles. The number of benzene rings is 1. The molecule has 1 amide bonds. The van der Waals surface area contributed by atoms with Crippen LogP contribution in [-0.2, 0) is 11.3 Å². The molecule has 1 saturated heterocycles. The topological polar surface area (TPSA) is 23.6 Å². The number of rotatable bonds is 4. The van der Waals surface area contributed by atoms with E-state index < -0.39 is 0 Å². The molecule has 104 valence electrons. The van der Waals surface area contributed by atoms with Crippen molar-refractivity contribution in [3.8, 4) is 0 Å². The monoisotopic (exact) mass is 328 g/mol. The van der Waals surface area contributed by atoms with E-state index in [9.17, 15) is 9.18 Å². The van der Waals surface area contributed by atoms with E-state index in [1.807, 2.05) is 22.9 Å². The van der Waals surface area contributed by atoms with Gasteiger partial charge in [-0.15, -0.1) is 0 Å². The minimum atomic E-state index is -0.267. The van der Waals surface area contributed by atoms with Gasteiger partial charge in [0.2, 0.25) is 5.91 Å². The van der Waals surface area contributed by atoms with Gasteiger partial charge in [-0.25, -0.2) is 4.39 Å². The summed E-state index contributed by atoms with van der Waals surface area (Å²) >= 11 is 3.24. The summed E-state index contributed by atoms with van der Waals surface area (Å²) in [5.41, 5.74) is 0.858. The molecule has 0 atom stereocenters. The van der Waals surface area contributed by atoms with Crippen LogP contribution in [0.15, 0.2) is 22.7 Å². The van der Waals surface area contributed by atoms with Crippen LogP contribution in [-0.4, -0.2) is 42.4 Å². The highest BCUT2D eigenvalue weighted by Crippen LogP contribution is 2.21. The van der Waals surface area contributed by atoms with E-state index in [1.165, 1.54) is 6.07 Å². The number of nitrogens with zero attached hydrogens (tertiary/aromatic N) is 2. The zero-order chi connectivity index (χ0) is 13.8. The second kappa shape index (κ2) is 6.48. The van der Waals surface area contributed by atoms with E-state index in [-0.39, 0.29) is 11.7 Å². The number of halogens is 2. The zero-order valence-electron chi connectivity index (χ0n) is 11.0. The average molecular weight is 329 g/mol. The second-order valence-electron chi connectivity index (χ2n) is 4.97. The lowest BCUT2D eigenvalue weighted by molar-refractivity contribution is -0.131. The van der Waals surface area contributed by atoms with E-state index >= 15 is 0 Å². The fraction of sp³-hybridized carbons (Fsp3) is 0.500. The Morgan fingerprint density at radius 3 is 2.79 bits per heavy atom. The van der Waals surface area contributed by atoms with Crippen LogP contribution < -0.4 is 0 Å². The Hall–Kier alpha value is -0.940. The molecule has 19 heavy (non-hydrogen) atoms. The van der Waals surface area contributed by atoms with Crippen LogP contribution >= 0.6 is 15.9 Å². The maximum absolute atomic E-state index is 13.4. The van der Waals surface area contributed by atoms with Crippen molar-refractivity contribution in [1.82, 2.24) is 9.80 Å². The number of likely N-dealkylation sites (N-methyl/N-ethyl adjacent to an activating group) is 1. The highest BCUT2D eigenvalue weighted by molar-refractivity contribution is 9.10. The van der Waals surface area contributed by atoms with Gasteiger partial charge in [-0.2, -0.15) is 0 Å². The Morgan fingerprint density at radius 2 is 2.11 bits per heavy atom. The smallest absolute Gasteiger partial charge is 0.236 e. The largest absolute Gasteiger partial charge is 0.342 e. The third-order valence-corrected chi connectivity index (χ3v) is 4.22. The molecule has 0 aliphatic carbocycles. The van der Waals surface area contributed by atoms with E-state index in [4.69, 9.17) is 0 Å². The molecule has 5 heteroatoms. The summed E-state index contributed by atoms with van der Waals surface area (Å²) < 4.78 is 13.9. The number of hydrogen-bond donors (Lipinski definition) is 0. The predicted octanol–water partition coefficient (Wildman–Crippen LogP) is 2.64. The lowest BCUT2D eigenvalue weighted by Gasteiger charge is -2.21. The number of carbonyl (C=O) groups is 1. The molecule has 0 unspecified atom stereocenters. The molecule has 0 spiro atoms. The van der Waals surface area contributed by atoms with Gasteiger partial charge < -0.3 is 4.90 Å². The Bertz CT molecular complexity index is 461. The van der Waals surface area contributed by atoms with Gasteiger partial charge in [-0.3, -0.25) is 9.69 Å². The second-order valence-corrected chi connectivity index (χ2v) is 5.77. The van der Waals surface area contributed by atoms with E-state index in [2.05, 4.69) is 15.9 Å². The molecular weight excluding hydrogens is 311 g/mol. The van der Waals surface area contributed by atoms with Crippen molar-refractivity contribution in [2.24, 2.45) is 0 Å². The summed E-state index contributed by atoms with van der Waals surface area (Å²) in [6.45, 7) is 2.67. The minimum Gasteiger partial charge on any atom is -0.342 e. The number of amides is 1. The summed E-state index contributed by atoms with van der Waals surface area (Å²) in [5, 5.41) is 0. The third-order valence-electron chi connectivity index (χ3n) is 3.34. The van der Waals surface area contributed by atoms with Crippen LogP contribution in [0.3, 0.4) is 0 Å². The molecule has 1 aliphatic rings. The molecule has 0 bridgehead atoms. The maximum atomic E-state index is 13.4. The van der Waals surface area contributed by atoms with E-state index in [1.54, 1.807) is 6.07 Å². The van der Waals surface area contributed by atoms with Crippen LogP contribution in [0.25, 0.3) is 0 Å². The Balaban J connectivity index is 1.91. The summed E-state index contributed by atoms with van der Waals surface area (Å²) in [6.07, 6.45) is 2.20. The molecule has 3 nitrogen and oxygen atoms in total. The molecule has 1 aromatic carbocycles. The lowest BCUT2D eigenvalue weighted by atomic mass is 10.2. The maximum Gasteiger partial charge on any atom is 0.236 e. The molecule has 0 aromatic heterocycles. The molecular formula is C14H18BrFN2O. The SMILES string of the molecule is CN(CC(=O)N1CCCC1)Cc1cccc(F)c1Br. The fourth-order valence-corrected chi connectivity index (χ4v) is 2.70. The molecule has 1 fully saturated rings. The van der Waals surface area contributed by atoms with Crippen LogP contribution in [0.1, 0.15) is 18.4 Å². The van der Waals surface area contributed by atoms with Crippen LogP contribution in [0, 0.1) is 5.82 Å². The third kappa shape index (κ3) is 3.76. The number of likely N-dealkylation sites (tertiary alicyclic amines) is 1. The Morgan fingerprint density at radius 1 is 1.42 bits per heavy atom. The van der Waals surface area contributed by atoms with Gasteiger partial charge in [0, 0.05) is 19.6 Å². The lowest BCUT2D eigenvalue weighted by Crippen LogP contribution is -2.37. The van der Waals surface area contributed by atoms with Gasteiger partial charge in [-0.05, 0) is 47.4 Å². The van der Waals surface area contributed by atoms with Crippen molar-refractivity contribution in [2.45, 2.75) is 19.4 Å².